The molecule has 1 fully saturated rings. The van der Waals surface area contributed by atoms with Crippen molar-refractivity contribution < 1.29 is 33.4 Å². The van der Waals surface area contributed by atoms with Crippen LogP contribution in [0, 0.1) is 11.8 Å². The first-order valence-corrected chi connectivity index (χ1v) is 9.04. The molecule has 1 N–H and O–H groups in total. The predicted molar refractivity (Wildman–Crippen MR) is 99.4 cm³/mol. The Morgan fingerprint density at radius 1 is 1.03 bits per heavy atom. The van der Waals surface area contributed by atoms with Gasteiger partial charge in [0.05, 0.1) is 24.5 Å². The second-order valence-electron chi connectivity index (χ2n) is 6.70. The van der Waals surface area contributed by atoms with Crippen molar-refractivity contribution >= 4 is 35.3 Å². The number of likely N-dealkylation sites (tertiary alicyclic amines) is 1. The second kappa shape index (κ2) is 8.68. The van der Waals surface area contributed by atoms with Crippen LogP contribution in [0.5, 0.6) is 0 Å². The Morgan fingerprint density at radius 3 is 2.17 bits per heavy atom. The summed E-state index contributed by atoms with van der Waals surface area (Å²) in [6, 6.07) is 5.96. The van der Waals surface area contributed by atoms with Crippen molar-refractivity contribution in [2.75, 3.05) is 25.6 Å². The molecular formula is C20H20N2O7. The number of esters is 2. The zero-order valence-electron chi connectivity index (χ0n) is 15.8. The fraction of sp³-hybridized carbons (Fsp3) is 0.350. The number of imide groups is 1. The van der Waals surface area contributed by atoms with Crippen LogP contribution in [0.2, 0.25) is 0 Å². The Morgan fingerprint density at radius 2 is 1.62 bits per heavy atom. The van der Waals surface area contributed by atoms with Crippen molar-refractivity contribution in [2.45, 2.75) is 12.8 Å². The van der Waals surface area contributed by atoms with Crippen LogP contribution in [0.25, 0.3) is 0 Å². The predicted octanol–water partition coefficient (Wildman–Crippen LogP) is 0.906. The Labute approximate surface area is 166 Å². The molecule has 152 valence electrons. The molecule has 2 aliphatic rings. The molecule has 1 aliphatic heterocycles. The Bertz CT molecular complexity index is 849. The van der Waals surface area contributed by atoms with E-state index < -0.39 is 42.8 Å². The molecule has 0 spiro atoms. The van der Waals surface area contributed by atoms with Gasteiger partial charge in [-0.1, -0.05) is 12.2 Å². The number of rotatable bonds is 6. The van der Waals surface area contributed by atoms with E-state index in [0.29, 0.717) is 24.1 Å². The van der Waals surface area contributed by atoms with Gasteiger partial charge in [0.2, 0.25) is 11.8 Å². The van der Waals surface area contributed by atoms with Gasteiger partial charge in [-0.05, 0) is 37.1 Å². The molecule has 3 amide bonds. The van der Waals surface area contributed by atoms with Crippen molar-refractivity contribution in [2.24, 2.45) is 11.8 Å². The molecule has 29 heavy (non-hydrogen) atoms. The topological polar surface area (TPSA) is 119 Å². The standard InChI is InChI=1S/C20H20N2O7/c1-28-20(27)12-6-8-13(9-7-12)21-16(23)11-29-17(24)10-22-18(25)14-4-2-3-5-15(14)19(22)26/h2-3,6-9,14-15H,4-5,10-11H2,1H3,(H,21,23)/t14-,15-/m0/s1. The van der Waals surface area contributed by atoms with E-state index in [1.165, 1.54) is 31.4 Å². The molecule has 9 heteroatoms. The van der Waals surface area contributed by atoms with E-state index in [-0.39, 0.29) is 11.8 Å². The lowest BCUT2D eigenvalue weighted by molar-refractivity contribution is -0.154. The lowest BCUT2D eigenvalue weighted by atomic mass is 9.85. The van der Waals surface area contributed by atoms with Gasteiger partial charge in [-0.3, -0.25) is 24.1 Å². The van der Waals surface area contributed by atoms with E-state index in [0.717, 1.165) is 4.90 Å². The lowest BCUT2D eigenvalue weighted by Gasteiger charge is -2.14. The van der Waals surface area contributed by atoms with Crippen LogP contribution in [0.1, 0.15) is 23.2 Å². The van der Waals surface area contributed by atoms with Crippen molar-refractivity contribution in [3.8, 4) is 0 Å². The van der Waals surface area contributed by atoms with Gasteiger partial charge in [0.25, 0.3) is 5.91 Å². The Hall–Kier alpha value is -3.49. The average molecular weight is 400 g/mol. The number of fused-ring (bicyclic) bond motifs is 1. The van der Waals surface area contributed by atoms with Crippen molar-refractivity contribution in [3.05, 3.63) is 42.0 Å². The summed E-state index contributed by atoms with van der Waals surface area (Å²) in [6.45, 7) is -1.08. The second-order valence-corrected chi connectivity index (χ2v) is 6.70. The van der Waals surface area contributed by atoms with Gasteiger partial charge in [0.1, 0.15) is 6.54 Å². The van der Waals surface area contributed by atoms with Gasteiger partial charge in [-0.2, -0.15) is 0 Å². The van der Waals surface area contributed by atoms with E-state index in [1.807, 2.05) is 12.2 Å². The van der Waals surface area contributed by atoms with Crippen LogP contribution in [0.3, 0.4) is 0 Å². The minimum Gasteiger partial charge on any atom is -0.465 e. The molecule has 0 saturated carbocycles. The van der Waals surface area contributed by atoms with Crippen LogP contribution in [-0.2, 0) is 28.7 Å². The van der Waals surface area contributed by atoms with E-state index >= 15 is 0 Å². The first-order valence-electron chi connectivity index (χ1n) is 9.04. The lowest BCUT2D eigenvalue weighted by Crippen LogP contribution is -2.37. The van der Waals surface area contributed by atoms with Gasteiger partial charge < -0.3 is 14.8 Å². The number of anilines is 1. The summed E-state index contributed by atoms with van der Waals surface area (Å²) >= 11 is 0. The Kier molecular flexibility index (Phi) is 6.06. The smallest absolute Gasteiger partial charge is 0.337 e. The highest BCUT2D eigenvalue weighted by Gasteiger charge is 2.47. The molecule has 9 nitrogen and oxygen atoms in total. The summed E-state index contributed by atoms with van der Waals surface area (Å²) in [6.07, 6.45) is 4.68. The zero-order valence-corrected chi connectivity index (χ0v) is 15.8. The molecule has 1 aromatic carbocycles. The van der Waals surface area contributed by atoms with Crippen LogP contribution < -0.4 is 5.32 Å². The fourth-order valence-electron chi connectivity index (χ4n) is 3.35. The summed E-state index contributed by atoms with van der Waals surface area (Å²) in [5.74, 6) is -3.53. The molecule has 1 heterocycles. The number of carbonyl (C=O) groups excluding carboxylic acids is 5. The maximum Gasteiger partial charge on any atom is 0.337 e. The molecular weight excluding hydrogens is 380 g/mol. The molecule has 1 aromatic rings. The van der Waals surface area contributed by atoms with Crippen LogP contribution >= 0.6 is 0 Å². The van der Waals surface area contributed by atoms with Gasteiger partial charge >= 0.3 is 11.9 Å². The van der Waals surface area contributed by atoms with Crippen molar-refractivity contribution in [3.63, 3.8) is 0 Å². The van der Waals surface area contributed by atoms with Crippen LogP contribution in [0.4, 0.5) is 5.69 Å². The fourth-order valence-corrected chi connectivity index (χ4v) is 3.35. The Balaban J connectivity index is 1.47. The summed E-state index contributed by atoms with van der Waals surface area (Å²) in [5.41, 5.74) is 0.729. The number of hydrogen-bond donors (Lipinski definition) is 1. The number of benzene rings is 1. The molecule has 1 aliphatic carbocycles. The summed E-state index contributed by atoms with van der Waals surface area (Å²) in [4.78, 5) is 60.8. The van der Waals surface area contributed by atoms with Crippen molar-refractivity contribution in [1.29, 1.82) is 0 Å². The number of hydrogen-bond acceptors (Lipinski definition) is 7. The number of nitrogens with zero attached hydrogens (tertiary/aromatic N) is 1. The minimum atomic E-state index is -0.838. The molecule has 0 bridgehead atoms. The molecule has 1 saturated heterocycles. The number of amides is 3. The third-order valence-electron chi connectivity index (χ3n) is 4.84. The monoisotopic (exact) mass is 400 g/mol. The summed E-state index contributed by atoms with van der Waals surface area (Å²) in [5, 5.41) is 2.51. The number of allylic oxidation sites excluding steroid dienone is 2. The molecule has 2 atom stereocenters. The molecule has 0 aromatic heterocycles. The van der Waals surface area contributed by atoms with E-state index in [9.17, 15) is 24.0 Å². The van der Waals surface area contributed by atoms with E-state index in [4.69, 9.17) is 4.74 Å². The van der Waals surface area contributed by atoms with Gasteiger partial charge in [-0.15, -0.1) is 0 Å². The number of methoxy groups -OCH3 is 1. The largest absolute Gasteiger partial charge is 0.465 e. The van der Waals surface area contributed by atoms with Crippen molar-refractivity contribution in [1.82, 2.24) is 4.90 Å². The SMILES string of the molecule is COC(=O)c1ccc(NC(=O)COC(=O)CN2C(=O)[C@H]3CC=CC[C@@H]3C2=O)cc1. The molecule has 0 unspecified atom stereocenters. The highest BCUT2D eigenvalue weighted by atomic mass is 16.5. The highest BCUT2D eigenvalue weighted by molar-refractivity contribution is 6.07. The van der Waals surface area contributed by atoms with Crippen LogP contribution in [-0.4, -0.2) is 54.8 Å². The zero-order chi connectivity index (χ0) is 21.0. The number of nitrogens with one attached hydrogen (secondary N) is 1. The normalized spacial score (nSPS) is 20.2. The minimum absolute atomic E-state index is 0.327. The van der Waals surface area contributed by atoms with E-state index in [2.05, 4.69) is 10.1 Å². The highest BCUT2D eigenvalue weighted by Crippen LogP contribution is 2.34. The maximum atomic E-state index is 12.3. The van der Waals surface area contributed by atoms with Gasteiger partial charge in [0.15, 0.2) is 6.61 Å². The number of ether oxygens (including phenoxy) is 2. The van der Waals surface area contributed by atoms with Gasteiger partial charge in [0, 0.05) is 5.69 Å². The number of carbonyl (C=O) groups is 5. The summed E-state index contributed by atoms with van der Waals surface area (Å²) in [7, 11) is 1.26. The van der Waals surface area contributed by atoms with Crippen LogP contribution in [0.15, 0.2) is 36.4 Å². The quantitative estimate of drug-likeness (QED) is 0.428. The third-order valence-corrected chi connectivity index (χ3v) is 4.84. The first kappa shape index (κ1) is 20.2. The molecule has 0 radical (unpaired) electrons. The summed E-state index contributed by atoms with van der Waals surface area (Å²) < 4.78 is 9.46. The van der Waals surface area contributed by atoms with Gasteiger partial charge in [-0.25, -0.2) is 4.79 Å². The average Bonchev–Trinajstić information content (AvgIpc) is 2.97. The first-order chi connectivity index (χ1) is 13.9. The maximum absolute atomic E-state index is 12.3. The molecule has 3 rings (SSSR count). The van der Waals surface area contributed by atoms with E-state index in [1.54, 1.807) is 0 Å². The third kappa shape index (κ3) is 4.50.